The van der Waals surface area contributed by atoms with Gasteiger partial charge in [-0.2, -0.15) is 5.26 Å². The average molecular weight is 306 g/mol. The Morgan fingerprint density at radius 3 is 1.87 bits per heavy atom. The molecule has 0 aliphatic carbocycles. The number of nitriles is 1. The maximum atomic E-state index is 10.3. The van der Waals surface area contributed by atoms with E-state index in [1.165, 1.54) is 0 Å². The smallest absolute Gasteiger partial charge is 0.128 e. The molecule has 0 unspecified atom stereocenters. The standard InChI is InChI=1S/C20H22N2O/c1-2-9-20(23)19(14-21)22(15-17-10-5-3-6-11-17)16-18-12-7-4-8-13-18/h2-13,19-20,23H,15-16H2,1H3/b9-2+/t19-,20-/m1/s1. The van der Waals surface area contributed by atoms with E-state index in [0.717, 1.165) is 11.1 Å². The Kier molecular flexibility index (Phi) is 6.56. The monoisotopic (exact) mass is 306 g/mol. The molecule has 0 fully saturated rings. The number of rotatable bonds is 7. The van der Waals surface area contributed by atoms with Crippen molar-refractivity contribution in [3.8, 4) is 6.07 Å². The highest BCUT2D eigenvalue weighted by Gasteiger charge is 2.24. The summed E-state index contributed by atoms with van der Waals surface area (Å²) in [6.45, 7) is 3.07. The van der Waals surface area contributed by atoms with E-state index < -0.39 is 12.1 Å². The summed E-state index contributed by atoms with van der Waals surface area (Å²) in [6, 6.07) is 21.7. The first-order valence-electron chi connectivity index (χ1n) is 7.77. The third-order valence-electron chi connectivity index (χ3n) is 3.70. The molecular formula is C20H22N2O. The van der Waals surface area contributed by atoms with E-state index in [2.05, 4.69) is 6.07 Å². The van der Waals surface area contributed by atoms with E-state index in [9.17, 15) is 10.4 Å². The second-order valence-corrected chi connectivity index (χ2v) is 5.47. The van der Waals surface area contributed by atoms with E-state index in [4.69, 9.17) is 0 Å². The molecule has 0 aliphatic rings. The van der Waals surface area contributed by atoms with Crippen LogP contribution in [0.3, 0.4) is 0 Å². The lowest BCUT2D eigenvalue weighted by molar-refractivity contribution is 0.0983. The number of benzene rings is 2. The lowest BCUT2D eigenvalue weighted by Crippen LogP contribution is -2.41. The van der Waals surface area contributed by atoms with Crippen LogP contribution in [0, 0.1) is 11.3 Å². The fourth-order valence-corrected chi connectivity index (χ4v) is 2.56. The second-order valence-electron chi connectivity index (χ2n) is 5.47. The van der Waals surface area contributed by atoms with Crippen LogP contribution in [-0.2, 0) is 13.1 Å². The van der Waals surface area contributed by atoms with Gasteiger partial charge in [-0.05, 0) is 18.1 Å². The van der Waals surface area contributed by atoms with Crippen molar-refractivity contribution in [3.63, 3.8) is 0 Å². The van der Waals surface area contributed by atoms with Crippen LogP contribution in [0.5, 0.6) is 0 Å². The highest BCUT2D eigenvalue weighted by Crippen LogP contribution is 2.16. The molecule has 0 aromatic heterocycles. The summed E-state index contributed by atoms with van der Waals surface area (Å²) < 4.78 is 0. The van der Waals surface area contributed by atoms with Gasteiger partial charge in [0.2, 0.25) is 0 Å². The van der Waals surface area contributed by atoms with E-state index in [1.54, 1.807) is 12.2 Å². The zero-order valence-corrected chi connectivity index (χ0v) is 13.3. The molecule has 0 saturated heterocycles. The van der Waals surface area contributed by atoms with Crippen molar-refractivity contribution < 1.29 is 5.11 Å². The number of hydrogen-bond donors (Lipinski definition) is 1. The van der Waals surface area contributed by atoms with Gasteiger partial charge in [-0.1, -0.05) is 72.8 Å². The van der Waals surface area contributed by atoms with Gasteiger partial charge in [0.25, 0.3) is 0 Å². The summed E-state index contributed by atoms with van der Waals surface area (Å²) >= 11 is 0. The van der Waals surface area contributed by atoms with Gasteiger partial charge in [-0.3, -0.25) is 4.90 Å². The third kappa shape index (κ3) is 5.07. The van der Waals surface area contributed by atoms with Crippen molar-refractivity contribution in [3.05, 3.63) is 83.9 Å². The van der Waals surface area contributed by atoms with Crippen LogP contribution < -0.4 is 0 Å². The van der Waals surface area contributed by atoms with Crippen LogP contribution >= 0.6 is 0 Å². The van der Waals surface area contributed by atoms with E-state index >= 15 is 0 Å². The molecule has 0 saturated carbocycles. The first kappa shape index (κ1) is 17.0. The summed E-state index contributed by atoms with van der Waals surface area (Å²) in [7, 11) is 0. The van der Waals surface area contributed by atoms with Gasteiger partial charge in [0.15, 0.2) is 0 Å². The minimum atomic E-state index is -0.808. The number of hydrogen-bond acceptors (Lipinski definition) is 3. The van der Waals surface area contributed by atoms with Crippen LogP contribution in [-0.4, -0.2) is 22.2 Å². The van der Waals surface area contributed by atoms with Gasteiger partial charge >= 0.3 is 0 Å². The Labute approximate surface area is 138 Å². The Hall–Kier alpha value is -2.41. The first-order chi connectivity index (χ1) is 11.2. The van der Waals surface area contributed by atoms with Gasteiger partial charge in [0, 0.05) is 13.1 Å². The molecule has 2 aromatic rings. The predicted octanol–water partition coefficient (Wildman–Crippen LogP) is 3.52. The molecule has 2 atom stereocenters. The van der Waals surface area contributed by atoms with Crippen LogP contribution in [0.25, 0.3) is 0 Å². The molecule has 1 N–H and O–H groups in total. The highest BCUT2D eigenvalue weighted by molar-refractivity contribution is 5.19. The minimum absolute atomic E-state index is 0.591. The Bertz CT molecular complexity index is 605. The van der Waals surface area contributed by atoms with E-state index in [1.807, 2.05) is 72.5 Å². The molecule has 0 amide bonds. The zero-order chi connectivity index (χ0) is 16.5. The van der Waals surface area contributed by atoms with Crippen molar-refractivity contribution >= 4 is 0 Å². The Morgan fingerprint density at radius 2 is 1.48 bits per heavy atom. The maximum Gasteiger partial charge on any atom is 0.128 e. The molecule has 0 heterocycles. The number of allylic oxidation sites excluding steroid dienone is 1. The van der Waals surface area contributed by atoms with Crippen LogP contribution in [0.2, 0.25) is 0 Å². The van der Waals surface area contributed by atoms with Crippen molar-refractivity contribution in [1.82, 2.24) is 4.90 Å². The molecule has 118 valence electrons. The van der Waals surface area contributed by atoms with Crippen LogP contribution in [0.4, 0.5) is 0 Å². The van der Waals surface area contributed by atoms with Crippen molar-refractivity contribution in [2.45, 2.75) is 32.2 Å². The van der Waals surface area contributed by atoms with Crippen LogP contribution in [0.15, 0.2) is 72.8 Å². The van der Waals surface area contributed by atoms with Crippen LogP contribution in [0.1, 0.15) is 18.1 Å². The predicted molar refractivity (Wildman–Crippen MR) is 92.4 cm³/mol. The average Bonchev–Trinajstić information content (AvgIpc) is 2.57. The largest absolute Gasteiger partial charge is 0.386 e. The molecule has 23 heavy (non-hydrogen) atoms. The number of nitrogens with zero attached hydrogens (tertiary/aromatic N) is 2. The summed E-state index contributed by atoms with van der Waals surface area (Å²) in [4.78, 5) is 2.01. The van der Waals surface area contributed by atoms with Gasteiger partial charge in [0.1, 0.15) is 12.1 Å². The summed E-state index contributed by atoms with van der Waals surface area (Å²) in [5, 5.41) is 19.8. The SMILES string of the molecule is C/C=C/[C@@H](O)[C@@H](C#N)N(Cc1ccccc1)Cc1ccccc1. The molecule has 0 bridgehead atoms. The molecular weight excluding hydrogens is 284 g/mol. The fourth-order valence-electron chi connectivity index (χ4n) is 2.56. The zero-order valence-electron chi connectivity index (χ0n) is 13.3. The minimum Gasteiger partial charge on any atom is -0.386 e. The lowest BCUT2D eigenvalue weighted by Gasteiger charge is -2.29. The topological polar surface area (TPSA) is 47.3 Å². The molecule has 0 spiro atoms. The van der Waals surface area contributed by atoms with Gasteiger partial charge in [0.05, 0.1) is 6.07 Å². The number of aliphatic hydroxyl groups is 1. The van der Waals surface area contributed by atoms with Gasteiger partial charge in [-0.15, -0.1) is 0 Å². The Balaban J connectivity index is 2.24. The van der Waals surface area contributed by atoms with Crippen molar-refractivity contribution in [2.24, 2.45) is 0 Å². The van der Waals surface area contributed by atoms with Crippen molar-refractivity contribution in [2.75, 3.05) is 0 Å². The van der Waals surface area contributed by atoms with E-state index in [-0.39, 0.29) is 0 Å². The quantitative estimate of drug-likeness (QED) is 0.796. The lowest BCUT2D eigenvalue weighted by atomic mass is 10.1. The normalized spacial score (nSPS) is 13.8. The molecule has 3 heteroatoms. The van der Waals surface area contributed by atoms with E-state index in [0.29, 0.717) is 13.1 Å². The van der Waals surface area contributed by atoms with Gasteiger partial charge in [-0.25, -0.2) is 0 Å². The Morgan fingerprint density at radius 1 is 1.00 bits per heavy atom. The fraction of sp³-hybridized carbons (Fsp3) is 0.250. The third-order valence-corrected chi connectivity index (χ3v) is 3.70. The first-order valence-corrected chi connectivity index (χ1v) is 7.77. The summed E-state index contributed by atoms with van der Waals surface area (Å²) in [5.41, 5.74) is 2.24. The summed E-state index contributed by atoms with van der Waals surface area (Å²) in [5.74, 6) is 0. The molecule has 3 nitrogen and oxygen atoms in total. The second kappa shape index (κ2) is 8.89. The molecule has 0 aliphatic heterocycles. The van der Waals surface area contributed by atoms with Gasteiger partial charge < -0.3 is 5.11 Å². The molecule has 0 radical (unpaired) electrons. The number of aliphatic hydroxyl groups excluding tert-OH is 1. The maximum absolute atomic E-state index is 10.3. The van der Waals surface area contributed by atoms with Crippen molar-refractivity contribution in [1.29, 1.82) is 5.26 Å². The molecule has 2 rings (SSSR count). The summed E-state index contributed by atoms with van der Waals surface area (Å²) in [6.07, 6.45) is 2.63. The highest BCUT2D eigenvalue weighted by atomic mass is 16.3. The molecule has 2 aromatic carbocycles.